The number of fused-ring (bicyclic) bond motifs is 1. The van der Waals surface area contributed by atoms with E-state index in [-0.39, 0.29) is 11.8 Å². The van der Waals surface area contributed by atoms with E-state index in [2.05, 4.69) is 6.58 Å². The van der Waals surface area contributed by atoms with E-state index in [1.54, 1.807) is 34.9 Å². The van der Waals surface area contributed by atoms with Crippen LogP contribution < -0.4 is 0 Å². The maximum Gasteiger partial charge on any atom is 0.419 e. The van der Waals surface area contributed by atoms with Gasteiger partial charge in [-0.3, -0.25) is 14.5 Å². The first-order chi connectivity index (χ1) is 17.1. The SMILES string of the molecule is C=CC[C@]1(CCc2cc3ccccc3n2C(=O)OC(C)(C)C)CCCN(C(=O)c2ccccc2)C1=O. The minimum absolute atomic E-state index is 0.164. The van der Waals surface area contributed by atoms with Crippen LogP contribution in [0.15, 0.2) is 73.3 Å². The summed E-state index contributed by atoms with van der Waals surface area (Å²) in [6, 6.07) is 18.6. The Morgan fingerprint density at radius 2 is 1.78 bits per heavy atom. The number of nitrogens with zero attached hydrogens (tertiary/aromatic N) is 2. The second-order valence-electron chi connectivity index (χ2n) is 10.5. The van der Waals surface area contributed by atoms with Crippen LogP contribution in [0.4, 0.5) is 4.79 Å². The van der Waals surface area contributed by atoms with Crippen molar-refractivity contribution in [3.8, 4) is 0 Å². The van der Waals surface area contributed by atoms with Gasteiger partial charge in [-0.1, -0.05) is 42.5 Å². The predicted octanol–water partition coefficient (Wildman–Crippen LogP) is 6.38. The molecule has 2 amide bonds. The zero-order chi connectivity index (χ0) is 25.9. The molecule has 6 nitrogen and oxygen atoms in total. The van der Waals surface area contributed by atoms with Gasteiger partial charge in [-0.05, 0) is 77.1 Å². The van der Waals surface area contributed by atoms with Crippen LogP contribution in [0.5, 0.6) is 0 Å². The highest BCUT2D eigenvalue weighted by Gasteiger charge is 2.45. The van der Waals surface area contributed by atoms with Gasteiger partial charge in [-0.2, -0.15) is 0 Å². The number of para-hydroxylation sites is 1. The quantitative estimate of drug-likeness (QED) is 0.299. The Morgan fingerprint density at radius 3 is 2.47 bits per heavy atom. The van der Waals surface area contributed by atoms with E-state index in [1.165, 1.54) is 4.90 Å². The van der Waals surface area contributed by atoms with E-state index in [4.69, 9.17) is 4.74 Å². The molecule has 1 fully saturated rings. The van der Waals surface area contributed by atoms with Crippen LogP contribution in [0.3, 0.4) is 0 Å². The maximum absolute atomic E-state index is 13.8. The molecule has 3 aromatic rings. The first-order valence-electron chi connectivity index (χ1n) is 12.5. The van der Waals surface area contributed by atoms with Crippen molar-refractivity contribution in [1.82, 2.24) is 9.47 Å². The van der Waals surface area contributed by atoms with Gasteiger partial charge >= 0.3 is 6.09 Å². The van der Waals surface area contributed by atoms with Crippen molar-refractivity contribution in [3.05, 3.63) is 84.6 Å². The number of hydrogen-bond acceptors (Lipinski definition) is 4. The molecule has 188 valence electrons. The topological polar surface area (TPSA) is 68.6 Å². The first kappa shape index (κ1) is 25.4. The number of benzene rings is 2. The van der Waals surface area contributed by atoms with Gasteiger partial charge in [0.2, 0.25) is 5.91 Å². The third kappa shape index (κ3) is 5.13. The molecule has 0 radical (unpaired) electrons. The predicted molar refractivity (Wildman–Crippen MR) is 141 cm³/mol. The van der Waals surface area contributed by atoms with Gasteiger partial charge in [0.15, 0.2) is 0 Å². The number of ether oxygens (including phenoxy) is 1. The van der Waals surface area contributed by atoms with Crippen molar-refractivity contribution in [3.63, 3.8) is 0 Å². The molecule has 6 heteroatoms. The normalized spacial score (nSPS) is 18.3. The number of hydrogen-bond donors (Lipinski definition) is 0. The number of amides is 2. The zero-order valence-electron chi connectivity index (χ0n) is 21.3. The number of aryl methyl sites for hydroxylation is 1. The summed E-state index contributed by atoms with van der Waals surface area (Å²) in [7, 11) is 0. The summed E-state index contributed by atoms with van der Waals surface area (Å²) >= 11 is 0. The lowest BCUT2D eigenvalue weighted by Gasteiger charge is -2.40. The van der Waals surface area contributed by atoms with E-state index < -0.39 is 17.1 Å². The molecule has 0 aliphatic carbocycles. The molecule has 2 aromatic carbocycles. The minimum Gasteiger partial charge on any atom is -0.443 e. The lowest BCUT2D eigenvalue weighted by molar-refractivity contribution is -0.143. The number of likely N-dealkylation sites (tertiary alicyclic amines) is 1. The van der Waals surface area contributed by atoms with Crippen molar-refractivity contribution in [2.45, 2.75) is 58.5 Å². The highest BCUT2D eigenvalue weighted by Crippen LogP contribution is 2.40. The third-order valence-corrected chi connectivity index (χ3v) is 6.76. The van der Waals surface area contributed by atoms with Gasteiger partial charge < -0.3 is 4.74 Å². The molecule has 0 N–H and O–H groups in total. The number of carbonyl (C=O) groups excluding carboxylic acids is 3. The van der Waals surface area contributed by atoms with E-state index in [1.807, 2.05) is 57.2 Å². The van der Waals surface area contributed by atoms with Gasteiger partial charge in [-0.15, -0.1) is 6.58 Å². The summed E-state index contributed by atoms with van der Waals surface area (Å²) in [4.78, 5) is 41.6. The van der Waals surface area contributed by atoms with Crippen molar-refractivity contribution in [2.75, 3.05) is 6.54 Å². The summed E-state index contributed by atoms with van der Waals surface area (Å²) in [6.07, 6.45) is 4.18. The molecule has 4 rings (SSSR count). The van der Waals surface area contributed by atoms with Crippen LogP contribution in [-0.2, 0) is 16.0 Å². The monoisotopic (exact) mass is 486 g/mol. The van der Waals surface area contributed by atoms with Gasteiger partial charge in [0.05, 0.1) is 10.9 Å². The molecule has 0 unspecified atom stereocenters. The van der Waals surface area contributed by atoms with Crippen molar-refractivity contribution in [1.29, 1.82) is 0 Å². The number of allylic oxidation sites excluding steroid dienone is 1. The fourth-order valence-corrected chi connectivity index (χ4v) is 5.09. The van der Waals surface area contributed by atoms with Crippen LogP contribution in [0, 0.1) is 5.41 Å². The van der Waals surface area contributed by atoms with Gasteiger partial charge in [0, 0.05) is 23.2 Å². The third-order valence-electron chi connectivity index (χ3n) is 6.76. The lowest BCUT2D eigenvalue weighted by Crippen LogP contribution is -2.51. The second kappa shape index (κ2) is 10.1. The maximum atomic E-state index is 13.8. The van der Waals surface area contributed by atoms with Gasteiger partial charge in [0.25, 0.3) is 5.91 Å². The molecule has 1 aliphatic rings. The number of piperidine rings is 1. The van der Waals surface area contributed by atoms with Crippen molar-refractivity contribution < 1.29 is 19.1 Å². The summed E-state index contributed by atoms with van der Waals surface area (Å²) in [5.74, 6) is -0.431. The van der Waals surface area contributed by atoms with E-state index in [0.29, 0.717) is 37.8 Å². The Labute approximate surface area is 212 Å². The Bertz CT molecular complexity index is 1290. The van der Waals surface area contributed by atoms with Crippen LogP contribution in [0.1, 0.15) is 62.5 Å². The van der Waals surface area contributed by atoms with Crippen LogP contribution >= 0.6 is 0 Å². The largest absolute Gasteiger partial charge is 0.443 e. The fraction of sp³-hybridized carbons (Fsp3) is 0.367. The second-order valence-corrected chi connectivity index (χ2v) is 10.5. The van der Waals surface area contributed by atoms with Crippen LogP contribution in [0.2, 0.25) is 0 Å². The van der Waals surface area contributed by atoms with Gasteiger partial charge in [0.1, 0.15) is 5.60 Å². The molecular weight excluding hydrogens is 452 g/mol. The van der Waals surface area contributed by atoms with E-state index in [0.717, 1.165) is 23.0 Å². The van der Waals surface area contributed by atoms with E-state index in [9.17, 15) is 14.4 Å². The number of aromatic nitrogens is 1. The number of rotatable bonds is 6. The van der Waals surface area contributed by atoms with E-state index >= 15 is 0 Å². The Morgan fingerprint density at radius 1 is 1.08 bits per heavy atom. The lowest BCUT2D eigenvalue weighted by atomic mass is 9.72. The summed E-state index contributed by atoms with van der Waals surface area (Å²) < 4.78 is 7.32. The summed E-state index contributed by atoms with van der Waals surface area (Å²) in [5.41, 5.74) is 0.676. The molecule has 2 heterocycles. The standard InChI is InChI=1S/C30H34N2O4/c1-5-17-30(18-11-20-31(27(30)34)26(33)22-12-7-6-8-13-22)19-16-24-21-23-14-9-10-15-25(23)32(24)28(35)36-29(2,3)4/h5-10,12-15,21H,1,11,16-20H2,2-4H3/t30-/m1/s1. The van der Waals surface area contributed by atoms with Crippen LogP contribution in [0.25, 0.3) is 10.9 Å². The summed E-state index contributed by atoms with van der Waals surface area (Å²) in [6.45, 7) is 9.83. The number of imide groups is 1. The Hall–Kier alpha value is -3.67. The zero-order valence-corrected chi connectivity index (χ0v) is 21.3. The summed E-state index contributed by atoms with van der Waals surface area (Å²) in [5, 5.41) is 0.937. The molecule has 0 bridgehead atoms. The molecule has 1 aliphatic heterocycles. The van der Waals surface area contributed by atoms with Crippen LogP contribution in [-0.4, -0.2) is 39.5 Å². The molecule has 0 saturated carbocycles. The molecule has 36 heavy (non-hydrogen) atoms. The van der Waals surface area contributed by atoms with Crippen molar-refractivity contribution in [2.24, 2.45) is 5.41 Å². The average Bonchev–Trinajstić information content (AvgIpc) is 3.22. The molecule has 1 saturated heterocycles. The first-order valence-corrected chi connectivity index (χ1v) is 12.5. The number of carbonyl (C=O) groups is 3. The van der Waals surface area contributed by atoms with Gasteiger partial charge in [-0.25, -0.2) is 9.36 Å². The molecule has 1 atom stereocenters. The Balaban J connectivity index is 1.64. The highest BCUT2D eigenvalue weighted by molar-refractivity contribution is 6.06. The molecular formula is C30H34N2O4. The fourth-order valence-electron chi connectivity index (χ4n) is 5.09. The van der Waals surface area contributed by atoms with Crippen molar-refractivity contribution >= 4 is 28.8 Å². The average molecular weight is 487 g/mol. The Kier molecular flexibility index (Phi) is 7.16. The molecule has 1 aromatic heterocycles. The molecule has 0 spiro atoms. The highest BCUT2D eigenvalue weighted by atomic mass is 16.6. The smallest absolute Gasteiger partial charge is 0.419 e. The minimum atomic E-state index is -0.750.